The van der Waals surface area contributed by atoms with Gasteiger partial charge in [0, 0.05) is 21.1 Å². The van der Waals surface area contributed by atoms with Gasteiger partial charge in [-0.15, -0.1) is 0 Å². The molecule has 0 atom stereocenters. The first kappa shape index (κ1) is 14.9. The molecule has 1 aromatic rings. The summed E-state index contributed by atoms with van der Waals surface area (Å²) in [6, 6.07) is 5.62. The first-order valence-corrected chi connectivity index (χ1v) is 8.09. The fourth-order valence-electron chi connectivity index (χ4n) is 2.55. The van der Waals surface area contributed by atoms with Crippen LogP contribution in [0.2, 0.25) is 5.02 Å². The molecule has 0 aliphatic heterocycles. The van der Waals surface area contributed by atoms with E-state index in [0.717, 1.165) is 17.3 Å². The molecule has 0 aromatic heterocycles. The fourth-order valence-corrected chi connectivity index (χ4v) is 3.41. The van der Waals surface area contributed by atoms with E-state index in [9.17, 15) is 4.79 Å². The molecule has 1 saturated carbocycles. The molecule has 0 saturated heterocycles. The average Bonchev–Trinajstić information content (AvgIpc) is 2.31. The highest BCUT2D eigenvalue weighted by molar-refractivity contribution is 9.10. The third-order valence-electron chi connectivity index (χ3n) is 3.57. The molecule has 1 fully saturated rings. The Bertz CT molecular complexity index is 422. The third kappa shape index (κ3) is 4.81. The van der Waals surface area contributed by atoms with Crippen LogP contribution < -0.4 is 5.32 Å². The highest BCUT2D eigenvalue weighted by atomic mass is 79.9. The topological polar surface area (TPSA) is 29.1 Å². The second-order valence-corrected chi connectivity index (χ2v) is 6.53. The average molecular weight is 345 g/mol. The van der Waals surface area contributed by atoms with Crippen molar-refractivity contribution >= 4 is 33.4 Å². The van der Waals surface area contributed by atoms with Gasteiger partial charge in [-0.05, 0) is 31.0 Å². The molecule has 1 aliphatic carbocycles. The number of hydrogen-bond donors (Lipinski definition) is 1. The molecule has 2 rings (SSSR count). The molecule has 4 heteroatoms. The van der Waals surface area contributed by atoms with Crippen LogP contribution in [0.15, 0.2) is 22.7 Å². The maximum atomic E-state index is 12.2. The summed E-state index contributed by atoms with van der Waals surface area (Å²) in [4.78, 5) is 12.2. The number of benzene rings is 1. The van der Waals surface area contributed by atoms with Gasteiger partial charge in [0.2, 0.25) is 0 Å². The van der Waals surface area contributed by atoms with Crippen LogP contribution in [-0.2, 0) is 0 Å². The molecular weight excluding hydrogens is 326 g/mol. The van der Waals surface area contributed by atoms with Crippen LogP contribution in [0.3, 0.4) is 0 Å². The van der Waals surface area contributed by atoms with E-state index >= 15 is 0 Å². The largest absolute Gasteiger partial charge is 0.349 e. The van der Waals surface area contributed by atoms with E-state index in [4.69, 9.17) is 11.6 Å². The molecule has 19 heavy (non-hydrogen) atoms. The lowest BCUT2D eigenvalue weighted by molar-refractivity contribution is 0.0930. The summed E-state index contributed by atoms with van der Waals surface area (Å²) in [5.41, 5.74) is 0.626. The number of carbonyl (C=O) groups is 1. The van der Waals surface area contributed by atoms with Gasteiger partial charge in [-0.2, -0.15) is 0 Å². The minimum absolute atomic E-state index is 0.0197. The number of halogens is 2. The van der Waals surface area contributed by atoms with E-state index in [1.165, 1.54) is 32.1 Å². The summed E-state index contributed by atoms with van der Waals surface area (Å²) < 4.78 is 0.836. The second kappa shape index (κ2) is 7.30. The number of nitrogens with one attached hydrogen (secondary N) is 1. The summed E-state index contributed by atoms with van der Waals surface area (Å²) in [5.74, 6) is -0.0197. The normalized spacial score (nSPS) is 17.6. The van der Waals surface area contributed by atoms with Crippen molar-refractivity contribution < 1.29 is 4.79 Å². The van der Waals surface area contributed by atoms with Gasteiger partial charge in [0.05, 0.1) is 0 Å². The van der Waals surface area contributed by atoms with Gasteiger partial charge < -0.3 is 5.32 Å². The van der Waals surface area contributed by atoms with Crippen LogP contribution in [0.5, 0.6) is 0 Å². The van der Waals surface area contributed by atoms with E-state index in [2.05, 4.69) is 21.2 Å². The van der Waals surface area contributed by atoms with Crippen molar-refractivity contribution in [2.45, 2.75) is 51.0 Å². The Morgan fingerprint density at radius 3 is 2.37 bits per heavy atom. The van der Waals surface area contributed by atoms with Gasteiger partial charge in [-0.25, -0.2) is 0 Å². The maximum absolute atomic E-state index is 12.2. The zero-order valence-electron chi connectivity index (χ0n) is 10.9. The SMILES string of the molecule is O=C(NC1CCCCCCC1)c1cc(Cl)cc(Br)c1. The van der Waals surface area contributed by atoms with Crippen molar-refractivity contribution in [3.63, 3.8) is 0 Å². The lowest BCUT2D eigenvalue weighted by Crippen LogP contribution is -2.35. The quantitative estimate of drug-likeness (QED) is 0.808. The molecule has 1 amide bonds. The van der Waals surface area contributed by atoms with E-state index in [0.29, 0.717) is 16.6 Å². The highest BCUT2D eigenvalue weighted by Gasteiger charge is 2.15. The number of amides is 1. The second-order valence-electron chi connectivity index (χ2n) is 5.17. The molecule has 1 aliphatic rings. The van der Waals surface area contributed by atoms with E-state index in [1.54, 1.807) is 12.1 Å². The Hall–Kier alpha value is -0.540. The molecule has 2 nitrogen and oxygen atoms in total. The highest BCUT2D eigenvalue weighted by Crippen LogP contribution is 2.21. The van der Waals surface area contributed by atoms with Gasteiger partial charge in [0.1, 0.15) is 0 Å². The summed E-state index contributed by atoms with van der Waals surface area (Å²) in [7, 11) is 0. The fraction of sp³-hybridized carbons (Fsp3) is 0.533. The number of hydrogen-bond acceptors (Lipinski definition) is 1. The van der Waals surface area contributed by atoms with Crippen LogP contribution in [0.1, 0.15) is 55.3 Å². The van der Waals surface area contributed by atoms with Crippen molar-refractivity contribution in [1.82, 2.24) is 5.32 Å². The first-order valence-electron chi connectivity index (χ1n) is 6.92. The Labute approximate surface area is 128 Å². The Kier molecular flexibility index (Phi) is 5.71. The third-order valence-corrected chi connectivity index (χ3v) is 4.24. The van der Waals surface area contributed by atoms with E-state index in [1.807, 2.05) is 6.07 Å². The van der Waals surface area contributed by atoms with Crippen molar-refractivity contribution in [3.05, 3.63) is 33.3 Å². The molecule has 0 bridgehead atoms. The standard InChI is InChI=1S/C15H19BrClNO/c16-12-8-11(9-13(17)10-12)15(19)18-14-6-4-2-1-3-5-7-14/h8-10,14H,1-7H2,(H,18,19). The molecule has 0 radical (unpaired) electrons. The summed E-state index contributed by atoms with van der Waals surface area (Å²) in [6.45, 7) is 0. The van der Waals surface area contributed by atoms with Crippen LogP contribution >= 0.6 is 27.5 Å². The molecule has 1 N–H and O–H groups in total. The van der Waals surface area contributed by atoms with Crippen LogP contribution in [0.4, 0.5) is 0 Å². The predicted octanol–water partition coefficient (Wildman–Crippen LogP) is 4.95. The monoisotopic (exact) mass is 343 g/mol. The lowest BCUT2D eigenvalue weighted by atomic mass is 9.96. The predicted molar refractivity (Wildman–Crippen MR) is 82.7 cm³/mol. The molecule has 104 valence electrons. The smallest absolute Gasteiger partial charge is 0.251 e. The van der Waals surface area contributed by atoms with Gasteiger partial charge in [-0.1, -0.05) is 59.6 Å². The van der Waals surface area contributed by atoms with Crippen molar-refractivity contribution in [3.8, 4) is 0 Å². The van der Waals surface area contributed by atoms with Crippen molar-refractivity contribution in [1.29, 1.82) is 0 Å². The van der Waals surface area contributed by atoms with Crippen molar-refractivity contribution in [2.75, 3.05) is 0 Å². The minimum Gasteiger partial charge on any atom is -0.349 e. The Morgan fingerprint density at radius 1 is 1.11 bits per heavy atom. The van der Waals surface area contributed by atoms with Crippen LogP contribution in [0, 0.1) is 0 Å². The van der Waals surface area contributed by atoms with E-state index in [-0.39, 0.29) is 5.91 Å². The molecule has 0 spiro atoms. The van der Waals surface area contributed by atoms with Gasteiger partial charge in [0.15, 0.2) is 0 Å². The Morgan fingerprint density at radius 2 is 1.74 bits per heavy atom. The summed E-state index contributed by atoms with van der Waals surface area (Å²) >= 11 is 9.34. The van der Waals surface area contributed by atoms with Gasteiger partial charge in [-0.3, -0.25) is 4.79 Å². The molecule has 0 unspecified atom stereocenters. The summed E-state index contributed by atoms with van der Waals surface area (Å²) in [5, 5.41) is 3.72. The number of rotatable bonds is 2. The zero-order chi connectivity index (χ0) is 13.7. The van der Waals surface area contributed by atoms with E-state index < -0.39 is 0 Å². The summed E-state index contributed by atoms with van der Waals surface area (Å²) in [6.07, 6.45) is 8.52. The first-order chi connectivity index (χ1) is 9.15. The molecule has 1 aromatic carbocycles. The van der Waals surface area contributed by atoms with Crippen LogP contribution in [0.25, 0.3) is 0 Å². The lowest BCUT2D eigenvalue weighted by Gasteiger charge is -2.21. The minimum atomic E-state index is -0.0197. The molecular formula is C15H19BrClNO. The van der Waals surface area contributed by atoms with Gasteiger partial charge >= 0.3 is 0 Å². The molecule has 0 heterocycles. The van der Waals surface area contributed by atoms with Crippen LogP contribution in [-0.4, -0.2) is 11.9 Å². The maximum Gasteiger partial charge on any atom is 0.251 e. The van der Waals surface area contributed by atoms with Gasteiger partial charge in [0.25, 0.3) is 5.91 Å². The number of carbonyl (C=O) groups excluding carboxylic acids is 1. The Balaban J connectivity index is 1.98. The van der Waals surface area contributed by atoms with Crippen molar-refractivity contribution in [2.24, 2.45) is 0 Å². The zero-order valence-corrected chi connectivity index (χ0v) is 13.3.